The van der Waals surface area contributed by atoms with Crippen molar-refractivity contribution in [3.8, 4) is 0 Å². The zero-order valence-corrected chi connectivity index (χ0v) is 10.8. The number of thioether (sulfide) groups is 1. The van der Waals surface area contributed by atoms with Crippen LogP contribution in [0, 0.1) is 0 Å². The van der Waals surface area contributed by atoms with Crippen LogP contribution in [0.4, 0.5) is 0 Å². The molecule has 0 amide bonds. The van der Waals surface area contributed by atoms with Crippen molar-refractivity contribution >= 4 is 17.7 Å². The second kappa shape index (κ2) is 5.69. The molecule has 0 saturated heterocycles. The van der Waals surface area contributed by atoms with E-state index in [0.29, 0.717) is 12.1 Å². The van der Waals surface area contributed by atoms with Gasteiger partial charge in [-0.1, -0.05) is 12.1 Å². The number of nitrogens with zero attached hydrogens (tertiary/aromatic N) is 1. The van der Waals surface area contributed by atoms with Gasteiger partial charge in [-0.15, -0.1) is 11.8 Å². The third kappa shape index (κ3) is 2.90. The van der Waals surface area contributed by atoms with E-state index in [2.05, 4.69) is 4.98 Å². The van der Waals surface area contributed by atoms with Crippen LogP contribution in [0.25, 0.3) is 0 Å². The predicted octanol–water partition coefficient (Wildman–Crippen LogP) is 3.09. The minimum Gasteiger partial charge on any atom is -0.478 e. The van der Waals surface area contributed by atoms with Crippen LogP contribution in [0.5, 0.6) is 0 Å². The monoisotopic (exact) mass is 259 g/mol. The first kappa shape index (κ1) is 12.6. The topological polar surface area (TPSA) is 50.2 Å². The van der Waals surface area contributed by atoms with E-state index in [9.17, 15) is 4.79 Å². The first-order valence-corrected chi connectivity index (χ1v) is 6.73. The summed E-state index contributed by atoms with van der Waals surface area (Å²) in [6, 6.07) is 11.3. The highest BCUT2D eigenvalue weighted by molar-refractivity contribution is 7.98. The highest BCUT2D eigenvalue weighted by atomic mass is 32.2. The molecule has 1 aromatic carbocycles. The van der Waals surface area contributed by atoms with Gasteiger partial charge >= 0.3 is 5.97 Å². The second-order valence-corrected chi connectivity index (χ2v) is 4.71. The molecule has 3 nitrogen and oxygen atoms in total. The lowest BCUT2D eigenvalue weighted by Crippen LogP contribution is -2.05. The number of pyridine rings is 1. The van der Waals surface area contributed by atoms with Crippen LogP contribution in [0.3, 0.4) is 0 Å². The van der Waals surface area contributed by atoms with Gasteiger partial charge < -0.3 is 5.11 Å². The van der Waals surface area contributed by atoms with Crippen molar-refractivity contribution < 1.29 is 9.90 Å². The van der Waals surface area contributed by atoms with Gasteiger partial charge in [-0.3, -0.25) is 4.98 Å². The van der Waals surface area contributed by atoms with E-state index in [1.807, 2.05) is 30.5 Å². The van der Waals surface area contributed by atoms with Gasteiger partial charge in [0.25, 0.3) is 0 Å². The molecule has 18 heavy (non-hydrogen) atoms. The Kier molecular flexibility index (Phi) is 3.99. The summed E-state index contributed by atoms with van der Waals surface area (Å²) in [6.45, 7) is 0. The highest BCUT2D eigenvalue weighted by Crippen LogP contribution is 2.17. The lowest BCUT2D eigenvalue weighted by atomic mass is 10.1. The van der Waals surface area contributed by atoms with Gasteiger partial charge in [-0.25, -0.2) is 4.79 Å². The molecular formula is C14H13NO2S. The van der Waals surface area contributed by atoms with Crippen LogP contribution in [0.1, 0.15) is 21.6 Å². The van der Waals surface area contributed by atoms with Gasteiger partial charge in [0.15, 0.2) is 0 Å². The van der Waals surface area contributed by atoms with Gasteiger partial charge in [0.2, 0.25) is 0 Å². The summed E-state index contributed by atoms with van der Waals surface area (Å²) in [6.07, 6.45) is 4.19. The van der Waals surface area contributed by atoms with Crippen molar-refractivity contribution in [3.05, 3.63) is 59.4 Å². The third-order valence-corrected chi connectivity index (χ3v) is 3.39. The summed E-state index contributed by atoms with van der Waals surface area (Å²) in [5.74, 6) is -0.932. The van der Waals surface area contributed by atoms with Crippen molar-refractivity contribution in [1.29, 1.82) is 0 Å². The van der Waals surface area contributed by atoms with Crippen molar-refractivity contribution in [2.24, 2.45) is 0 Å². The van der Waals surface area contributed by atoms with Gasteiger partial charge in [0.1, 0.15) is 0 Å². The number of carboxylic acid groups (broad SMARTS) is 1. The molecule has 0 unspecified atom stereocenters. The Labute approximate surface area is 110 Å². The number of carboxylic acids is 1. The fourth-order valence-electron chi connectivity index (χ4n) is 1.71. The largest absolute Gasteiger partial charge is 0.478 e. The molecule has 1 N–H and O–H groups in total. The summed E-state index contributed by atoms with van der Waals surface area (Å²) >= 11 is 1.68. The van der Waals surface area contributed by atoms with Crippen molar-refractivity contribution in [2.45, 2.75) is 11.3 Å². The molecule has 0 aliphatic rings. The Hall–Kier alpha value is -1.81. The average Bonchev–Trinajstić information content (AvgIpc) is 2.40. The van der Waals surface area contributed by atoms with Gasteiger partial charge in [-0.05, 0) is 36.1 Å². The van der Waals surface area contributed by atoms with Crippen molar-refractivity contribution in [1.82, 2.24) is 4.98 Å². The quantitative estimate of drug-likeness (QED) is 0.857. The van der Waals surface area contributed by atoms with Crippen LogP contribution in [0.15, 0.2) is 47.5 Å². The normalized spacial score (nSPS) is 10.3. The third-order valence-electron chi connectivity index (χ3n) is 2.65. The Morgan fingerprint density at radius 2 is 2.00 bits per heavy atom. The summed E-state index contributed by atoms with van der Waals surface area (Å²) in [5.41, 5.74) is 1.93. The van der Waals surface area contributed by atoms with E-state index in [-0.39, 0.29) is 5.56 Å². The fraction of sp³-hybridized carbons (Fsp3) is 0.143. The molecule has 0 atom stereocenters. The number of benzene rings is 1. The molecular weight excluding hydrogens is 246 g/mol. The van der Waals surface area contributed by atoms with E-state index in [4.69, 9.17) is 5.11 Å². The number of rotatable bonds is 4. The summed E-state index contributed by atoms with van der Waals surface area (Å²) in [7, 11) is 0. The molecule has 0 radical (unpaired) electrons. The smallest absolute Gasteiger partial charge is 0.337 e. The van der Waals surface area contributed by atoms with Crippen LogP contribution in [0.2, 0.25) is 0 Å². The first-order chi connectivity index (χ1) is 8.70. The number of aromatic nitrogens is 1. The summed E-state index contributed by atoms with van der Waals surface area (Å²) in [4.78, 5) is 16.4. The molecule has 2 aromatic rings. The van der Waals surface area contributed by atoms with Crippen LogP contribution < -0.4 is 0 Å². The Balaban J connectivity index is 2.25. The maximum Gasteiger partial charge on any atom is 0.337 e. The van der Waals surface area contributed by atoms with E-state index < -0.39 is 5.97 Å². The Bertz CT molecular complexity index is 552. The molecule has 0 aliphatic heterocycles. The maximum absolute atomic E-state index is 11.1. The molecule has 0 aliphatic carbocycles. The predicted molar refractivity (Wildman–Crippen MR) is 72.2 cm³/mol. The zero-order valence-electron chi connectivity index (χ0n) is 9.96. The van der Waals surface area contributed by atoms with Crippen molar-refractivity contribution in [2.75, 3.05) is 6.26 Å². The van der Waals surface area contributed by atoms with Crippen LogP contribution in [-0.2, 0) is 6.42 Å². The Morgan fingerprint density at radius 1 is 1.28 bits per heavy atom. The number of hydrogen-bond acceptors (Lipinski definition) is 3. The standard InChI is InChI=1S/C14H13NO2S/c1-18-11-6-4-10(5-7-11)9-13-12(14(16)17)3-2-8-15-13/h2-8H,9H2,1H3,(H,16,17). The zero-order chi connectivity index (χ0) is 13.0. The molecule has 0 bridgehead atoms. The maximum atomic E-state index is 11.1. The van der Waals surface area contributed by atoms with Crippen LogP contribution in [-0.4, -0.2) is 22.3 Å². The van der Waals surface area contributed by atoms with Gasteiger partial charge in [-0.2, -0.15) is 0 Å². The van der Waals surface area contributed by atoms with E-state index in [0.717, 1.165) is 5.56 Å². The Morgan fingerprint density at radius 3 is 2.61 bits per heavy atom. The second-order valence-electron chi connectivity index (χ2n) is 3.83. The molecule has 4 heteroatoms. The van der Waals surface area contributed by atoms with Crippen LogP contribution >= 0.6 is 11.8 Å². The van der Waals surface area contributed by atoms with Crippen molar-refractivity contribution in [3.63, 3.8) is 0 Å². The number of carbonyl (C=O) groups is 1. The summed E-state index contributed by atoms with van der Waals surface area (Å²) < 4.78 is 0. The molecule has 0 fully saturated rings. The van der Waals surface area contributed by atoms with Gasteiger partial charge in [0.05, 0.1) is 11.3 Å². The molecule has 0 saturated carbocycles. The fourth-order valence-corrected chi connectivity index (χ4v) is 2.12. The SMILES string of the molecule is CSc1ccc(Cc2ncccc2C(=O)O)cc1. The number of aromatic carboxylic acids is 1. The molecule has 2 rings (SSSR count). The molecule has 92 valence electrons. The first-order valence-electron chi connectivity index (χ1n) is 5.51. The molecule has 1 heterocycles. The lowest BCUT2D eigenvalue weighted by Gasteiger charge is -2.05. The van der Waals surface area contributed by atoms with E-state index in [1.165, 1.54) is 4.90 Å². The van der Waals surface area contributed by atoms with Gasteiger partial charge in [0, 0.05) is 17.5 Å². The summed E-state index contributed by atoms with van der Waals surface area (Å²) in [5, 5.41) is 9.08. The lowest BCUT2D eigenvalue weighted by molar-refractivity contribution is 0.0695. The van der Waals surface area contributed by atoms with E-state index in [1.54, 1.807) is 30.1 Å². The molecule has 1 aromatic heterocycles. The highest BCUT2D eigenvalue weighted by Gasteiger charge is 2.10. The number of hydrogen-bond donors (Lipinski definition) is 1. The minimum absolute atomic E-state index is 0.270. The average molecular weight is 259 g/mol. The van der Waals surface area contributed by atoms with E-state index >= 15 is 0 Å². The molecule has 0 spiro atoms. The minimum atomic E-state index is -0.932.